The predicted octanol–water partition coefficient (Wildman–Crippen LogP) is 11.9. The van der Waals surface area contributed by atoms with E-state index in [0.29, 0.717) is 33.7 Å². The molecule has 0 spiro atoms. The quantitative estimate of drug-likeness (QED) is 0.0740. The number of ether oxygens (including phenoxy) is 1. The minimum atomic E-state index is -0.944. The molecule has 0 amide bonds. The van der Waals surface area contributed by atoms with Crippen LogP contribution < -0.4 is 4.74 Å². The third-order valence-corrected chi connectivity index (χ3v) is 11.6. The highest BCUT2D eigenvalue weighted by atomic mass is 35.5. The van der Waals surface area contributed by atoms with Gasteiger partial charge in [-0.3, -0.25) is 14.8 Å². The Balaban J connectivity index is 0.000000226. The van der Waals surface area contributed by atoms with Crippen LogP contribution in [-0.2, 0) is 19.3 Å². The third-order valence-electron chi connectivity index (χ3n) is 11.3. The molecule has 2 aromatic heterocycles. The number of ketones is 1. The Morgan fingerprint density at radius 3 is 2.17 bits per heavy atom. The predicted molar refractivity (Wildman–Crippen MR) is 237 cm³/mol. The first-order chi connectivity index (χ1) is 29.3. The number of pyridine rings is 2. The maximum Gasteiger partial charge on any atom is 0.343 e. The summed E-state index contributed by atoms with van der Waals surface area (Å²) in [5.41, 5.74) is 6.76. The lowest BCUT2D eigenvalue weighted by molar-refractivity contribution is 0.0696. The van der Waals surface area contributed by atoms with E-state index in [9.17, 15) is 14.4 Å². The molecular weight excluding hydrogens is 768 g/mol. The molecule has 1 N–H and O–H groups in total. The Morgan fingerprint density at radius 1 is 0.683 bits per heavy atom. The van der Waals surface area contributed by atoms with Crippen LogP contribution in [0.4, 0.5) is 0 Å². The number of hydrogen-bond donors (Lipinski definition) is 1. The van der Waals surface area contributed by atoms with Crippen molar-refractivity contribution in [2.24, 2.45) is 5.92 Å². The second-order valence-electron chi connectivity index (χ2n) is 15.0. The van der Waals surface area contributed by atoms with Gasteiger partial charge in [-0.05, 0) is 117 Å². The van der Waals surface area contributed by atoms with Crippen molar-refractivity contribution in [3.63, 3.8) is 0 Å². The molecule has 1 atom stereocenters. The molecule has 1 aliphatic carbocycles. The first-order valence-corrected chi connectivity index (χ1v) is 20.1. The van der Waals surface area contributed by atoms with Crippen molar-refractivity contribution in [1.29, 1.82) is 0 Å². The van der Waals surface area contributed by atoms with Crippen molar-refractivity contribution >= 4 is 72.5 Å². The zero-order valence-electron chi connectivity index (χ0n) is 32.3. The van der Waals surface area contributed by atoms with Crippen molar-refractivity contribution in [3.8, 4) is 5.75 Å². The molecule has 60 heavy (non-hydrogen) atoms. The lowest BCUT2D eigenvalue weighted by atomic mass is 9.78. The van der Waals surface area contributed by atoms with Crippen LogP contribution in [0.2, 0.25) is 5.02 Å². The molecule has 0 radical (unpaired) electrons. The number of carbonyl (C=O) groups excluding carboxylic acids is 2. The van der Waals surface area contributed by atoms with Gasteiger partial charge in [-0.2, -0.15) is 0 Å². The van der Waals surface area contributed by atoms with Crippen LogP contribution in [0.1, 0.15) is 59.7 Å². The van der Waals surface area contributed by atoms with E-state index in [4.69, 9.17) is 21.4 Å². The van der Waals surface area contributed by atoms with Gasteiger partial charge in [-0.15, -0.1) is 0 Å². The van der Waals surface area contributed by atoms with Crippen LogP contribution in [0.15, 0.2) is 164 Å². The topological polar surface area (TPSA) is 106 Å². The van der Waals surface area contributed by atoms with Crippen molar-refractivity contribution < 1.29 is 24.2 Å². The molecular formula is C52H37ClN2O5. The van der Waals surface area contributed by atoms with Crippen LogP contribution in [-0.4, -0.2) is 32.8 Å². The minimum Gasteiger partial charge on any atom is -0.478 e. The highest BCUT2D eigenvalue weighted by Gasteiger charge is 2.27. The SMILES string of the molecule is O=C(O)c1ccnc2c1ccc1ccncc12.O=C(Oc1cc2c(ccc3c4c(ccc32)CCC(C(=O)c2ccccc2)C4)cc1Cc1ccc(Cl)cc1)c1ccccc1. The van der Waals surface area contributed by atoms with Gasteiger partial charge in [-0.25, -0.2) is 9.59 Å². The fourth-order valence-corrected chi connectivity index (χ4v) is 8.42. The number of Topliss-reactive ketones (excluding diaryl/α,β-unsaturated/α-hetero) is 1. The van der Waals surface area contributed by atoms with Crippen LogP contribution in [0.25, 0.3) is 43.2 Å². The third kappa shape index (κ3) is 7.71. The molecule has 7 nitrogen and oxygen atoms in total. The summed E-state index contributed by atoms with van der Waals surface area (Å²) in [6.45, 7) is 0. The molecule has 8 heteroatoms. The Morgan fingerprint density at radius 2 is 1.40 bits per heavy atom. The lowest BCUT2D eigenvalue weighted by Gasteiger charge is -2.25. The molecule has 0 saturated heterocycles. The Bertz CT molecular complexity index is 3100. The molecule has 0 bridgehead atoms. The number of aromatic carboxylic acids is 1. The van der Waals surface area contributed by atoms with Crippen molar-refractivity contribution in [1.82, 2.24) is 9.97 Å². The fourth-order valence-electron chi connectivity index (χ4n) is 8.29. The largest absolute Gasteiger partial charge is 0.478 e. The maximum absolute atomic E-state index is 13.4. The molecule has 292 valence electrons. The molecule has 7 aromatic carbocycles. The normalized spacial score (nSPS) is 13.4. The van der Waals surface area contributed by atoms with Gasteiger partial charge in [0, 0.05) is 52.3 Å². The van der Waals surface area contributed by atoms with Gasteiger partial charge in [0.2, 0.25) is 0 Å². The van der Waals surface area contributed by atoms with Crippen LogP contribution in [0.3, 0.4) is 0 Å². The monoisotopic (exact) mass is 804 g/mol. The first kappa shape index (κ1) is 38.3. The number of rotatable bonds is 7. The second kappa shape index (κ2) is 16.6. The summed E-state index contributed by atoms with van der Waals surface area (Å²) >= 11 is 6.14. The molecule has 9 aromatic rings. The van der Waals surface area contributed by atoms with Crippen LogP contribution in [0, 0.1) is 5.92 Å². The summed E-state index contributed by atoms with van der Waals surface area (Å²) < 4.78 is 6.09. The summed E-state index contributed by atoms with van der Waals surface area (Å²) in [7, 11) is 0. The zero-order valence-corrected chi connectivity index (χ0v) is 33.1. The number of aryl methyl sites for hydroxylation is 1. The van der Waals surface area contributed by atoms with Gasteiger partial charge in [0.05, 0.1) is 16.6 Å². The van der Waals surface area contributed by atoms with Crippen LogP contribution in [0.5, 0.6) is 5.75 Å². The molecule has 0 saturated carbocycles. The molecule has 2 heterocycles. The average Bonchev–Trinajstić information content (AvgIpc) is 3.29. The summed E-state index contributed by atoms with van der Waals surface area (Å²) in [6, 6.07) is 46.3. The lowest BCUT2D eigenvalue weighted by Crippen LogP contribution is -2.23. The van der Waals surface area contributed by atoms with E-state index >= 15 is 0 Å². The van der Waals surface area contributed by atoms with Crippen LogP contribution >= 0.6 is 11.6 Å². The van der Waals surface area contributed by atoms with Gasteiger partial charge in [-0.1, -0.05) is 109 Å². The Hall–Kier alpha value is -7.22. The van der Waals surface area contributed by atoms with Gasteiger partial charge in [0.15, 0.2) is 5.78 Å². The number of aromatic nitrogens is 2. The molecule has 1 aliphatic rings. The minimum absolute atomic E-state index is 0.0414. The van der Waals surface area contributed by atoms with E-state index in [1.54, 1.807) is 30.6 Å². The highest BCUT2D eigenvalue weighted by molar-refractivity contribution is 6.30. The fraction of sp³-hybridized carbons (Fsp3) is 0.0962. The van der Waals surface area contributed by atoms with E-state index in [1.807, 2.05) is 91.0 Å². The number of halogens is 1. The number of carboxylic acid groups (broad SMARTS) is 1. The zero-order chi connectivity index (χ0) is 41.2. The molecule has 1 unspecified atom stereocenters. The summed E-state index contributed by atoms with van der Waals surface area (Å²) in [4.78, 5) is 46.0. The standard InChI is InChI=1S/C39H29ClO3.C13H8N2O2/c40-32-17-11-25(12-18-32)21-31-22-29-16-20-33-34(36(29)24-37(31)43-39(42)28-9-5-2-6-10-28)19-15-26-13-14-30(23-35(26)33)38(41)27-7-3-1-4-8-27;16-13(17)10-4-6-15-12-9(10)2-1-8-3-5-14-7-11(8)12/h1-12,15-20,22,24,30H,13-14,21,23H2;1-7H,(H,16,17). The van der Waals surface area contributed by atoms with Gasteiger partial charge in [0.1, 0.15) is 5.75 Å². The smallest absolute Gasteiger partial charge is 0.343 e. The number of esters is 1. The number of hydrogen-bond acceptors (Lipinski definition) is 6. The van der Waals surface area contributed by atoms with E-state index in [0.717, 1.165) is 68.3 Å². The first-order valence-electron chi connectivity index (χ1n) is 19.8. The number of nitrogens with zero attached hydrogens (tertiary/aromatic N) is 2. The highest BCUT2D eigenvalue weighted by Crippen LogP contribution is 2.39. The Kier molecular flexibility index (Phi) is 10.6. The Labute approximate surface area is 350 Å². The van der Waals surface area contributed by atoms with Crippen molar-refractivity contribution in [3.05, 3.63) is 208 Å². The molecule has 0 aliphatic heterocycles. The van der Waals surface area contributed by atoms with Gasteiger partial charge >= 0.3 is 11.9 Å². The van der Waals surface area contributed by atoms with E-state index < -0.39 is 11.9 Å². The summed E-state index contributed by atoms with van der Waals surface area (Å²) in [6.07, 6.45) is 7.97. The summed E-state index contributed by atoms with van der Waals surface area (Å²) in [5, 5.41) is 16.6. The number of benzene rings is 7. The van der Waals surface area contributed by atoms with Gasteiger partial charge in [0.25, 0.3) is 0 Å². The number of fused-ring (bicyclic) bond motifs is 8. The van der Waals surface area contributed by atoms with Gasteiger partial charge < -0.3 is 9.84 Å². The maximum atomic E-state index is 13.4. The number of carboxylic acids is 1. The number of carbonyl (C=O) groups is 3. The summed E-state index contributed by atoms with van der Waals surface area (Å²) in [5.74, 6) is -0.622. The second-order valence-corrected chi connectivity index (χ2v) is 15.4. The van der Waals surface area contributed by atoms with Crippen molar-refractivity contribution in [2.45, 2.75) is 25.7 Å². The van der Waals surface area contributed by atoms with E-state index in [-0.39, 0.29) is 17.3 Å². The van der Waals surface area contributed by atoms with Crippen molar-refractivity contribution in [2.75, 3.05) is 0 Å². The average molecular weight is 805 g/mol. The van der Waals surface area contributed by atoms with E-state index in [2.05, 4.69) is 40.3 Å². The molecule has 10 rings (SSSR count). The van der Waals surface area contributed by atoms with E-state index in [1.165, 1.54) is 23.4 Å². The molecule has 0 fully saturated rings.